The summed E-state index contributed by atoms with van der Waals surface area (Å²) >= 11 is 3.46. The van der Waals surface area contributed by atoms with Crippen LogP contribution in [0.15, 0.2) is 4.47 Å². The second kappa shape index (κ2) is 5.42. The molecule has 0 radical (unpaired) electrons. The largest absolute Gasteiger partial charge is 0.378 e. The second-order valence-electron chi connectivity index (χ2n) is 3.53. The zero-order chi connectivity index (χ0) is 11.4. The summed E-state index contributed by atoms with van der Waals surface area (Å²) in [5.74, 6) is 1.94. The van der Waals surface area contributed by atoms with E-state index in [2.05, 4.69) is 45.1 Å². The number of hydrogen-bond acceptors (Lipinski definition) is 4. The topological polar surface area (TPSA) is 47.0 Å². The molecule has 4 nitrogen and oxygen atoms in total. The van der Waals surface area contributed by atoms with Crippen LogP contribution in [0.5, 0.6) is 0 Å². The maximum Gasteiger partial charge on any atom is 0.144 e. The van der Waals surface area contributed by atoms with Gasteiger partial charge in [-0.05, 0) is 15.9 Å². The molecule has 0 saturated carbocycles. The van der Waals surface area contributed by atoms with E-state index in [4.69, 9.17) is 4.74 Å². The maximum absolute atomic E-state index is 5.09. The van der Waals surface area contributed by atoms with Crippen LogP contribution in [-0.4, -0.2) is 24.1 Å². The molecule has 84 valence electrons. The van der Waals surface area contributed by atoms with Gasteiger partial charge in [-0.15, -0.1) is 0 Å². The Balaban J connectivity index is 3.19. The SMILES string of the molecule is CNc1nc(C(C)C)nc(COC)c1Br. The van der Waals surface area contributed by atoms with Crippen molar-refractivity contribution in [1.29, 1.82) is 0 Å². The van der Waals surface area contributed by atoms with Crippen LogP contribution in [0.25, 0.3) is 0 Å². The molecule has 1 aromatic rings. The van der Waals surface area contributed by atoms with Gasteiger partial charge in [0, 0.05) is 20.1 Å². The first kappa shape index (κ1) is 12.4. The molecule has 0 fully saturated rings. The van der Waals surface area contributed by atoms with Crippen molar-refractivity contribution in [3.8, 4) is 0 Å². The monoisotopic (exact) mass is 273 g/mol. The Morgan fingerprint density at radius 1 is 1.40 bits per heavy atom. The Kier molecular flexibility index (Phi) is 4.47. The molecule has 0 aliphatic rings. The molecule has 0 amide bonds. The lowest BCUT2D eigenvalue weighted by molar-refractivity contribution is 0.180. The van der Waals surface area contributed by atoms with Gasteiger partial charge in [-0.25, -0.2) is 9.97 Å². The number of anilines is 1. The lowest BCUT2D eigenvalue weighted by atomic mass is 10.2. The van der Waals surface area contributed by atoms with Gasteiger partial charge in [0.1, 0.15) is 11.6 Å². The van der Waals surface area contributed by atoms with E-state index in [1.807, 2.05) is 7.05 Å². The number of methoxy groups -OCH3 is 1. The quantitative estimate of drug-likeness (QED) is 0.916. The van der Waals surface area contributed by atoms with E-state index in [0.717, 1.165) is 21.8 Å². The number of ether oxygens (including phenoxy) is 1. The molecule has 0 bridgehead atoms. The molecule has 0 aliphatic heterocycles. The van der Waals surface area contributed by atoms with Crippen molar-refractivity contribution >= 4 is 21.7 Å². The number of nitrogens with one attached hydrogen (secondary N) is 1. The number of rotatable bonds is 4. The summed E-state index contributed by atoms with van der Waals surface area (Å²) in [5.41, 5.74) is 0.876. The molecule has 0 aliphatic carbocycles. The molecule has 1 aromatic heterocycles. The molecule has 0 aromatic carbocycles. The van der Waals surface area contributed by atoms with Crippen molar-refractivity contribution < 1.29 is 4.74 Å². The van der Waals surface area contributed by atoms with Gasteiger partial charge < -0.3 is 10.1 Å². The minimum Gasteiger partial charge on any atom is -0.378 e. The van der Waals surface area contributed by atoms with Gasteiger partial charge in [0.15, 0.2) is 0 Å². The van der Waals surface area contributed by atoms with Crippen LogP contribution in [0, 0.1) is 0 Å². The van der Waals surface area contributed by atoms with Gasteiger partial charge >= 0.3 is 0 Å². The third-order valence-corrected chi connectivity index (χ3v) is 2.80. The Hall–Kier alpha value is -0.680. The van der Waals surface area contributed by atoms with Crippen LogP contribution in [0.3, 0.4) is 0 Å². The smallest absolute Gasteiger partial charge is 0.144 e. The van der Waals surface area contributed by atoms with E-state index < -0.39 is 0 Å². The lowest BCUT2D eigenvalue weighted by Crippen LogP contribution is -2.07. The number of aromatic nitrogens is 2. The van der Waals surface area contributed by atoms with E-state index >= 15 is 0 Å². The summed E-state index contributed by atoms with van der Waals surface area (Å²) in [5, 5.41) is 3.04. The predicted octanol–water partition coefficient (Wildman–Crippen LogP) is 2.55. The van der Waals surface area contributed by atoms with E-state index in [1.54, 1.807) is 7.11 Å². The first-order valence-corrected chi connectivity index (χ1v) is 5.62. The first-order chi connectivity index (χ1) is 7.10. The van der Waals surface area contributed by atoms with Gasteiger partial charge in [-0.3, -0.25) is 0 Å². The van der Waals surface area contributed by atoms with E-state index in [-0.39, 0.29) is 0 Å². The van der Waals surface area contributed by atoms with E-state index in [1.165, 1.54) is 0 Å². The molecule has 5 heteroatoms. The average Bonchev–Trinajstić information content (AvgIpc) is 2.21. The highest BCUT2D eigenvalue weighted by atomic mass is 79.9. The molecule has 1 N–H and O–H groups in total. The fourth-order valence-electron chi connectivity index (χ4n) is 1.17. The number of nitrogens with zero attached hydrogens (tertiary/aromatic N) is 2. The molecule has 0 atom stereocenters. The minimum atomic E-state index is 0.306. The Morgan fingerprint density at radius 2 is 2.07 bits per heavy atom. The second-order valence-corrected chi connectivity index (χ2v) is 4.32. The van der Waals surface area contributed by atoms with Crippen molar-refractivity contribution in [3.05, 3.63) is 16.0 Å². The lowest BCUT2D eigenvalue weighted by Gasteiger charge is -2.12. The number of halogens is 1. The van der Waals surface area contributed by atoms with Gasteiger partial charge in [-0.1, -0.05) is 13.8 Å². The normalized spacial score (nSPS) is 10.8. The first-order valence-electron chi connectivity index (χ1n) is 4.83. The molecule has 0 saturated heterocycles. The standard InChI is InChI=1S/C10H16BrN3O/c1-6(2)9-13-7(5-15-4)8(11)10(12-3)14-9/h6H,5H2,1-4H3,(H,12,13,14). The molecular weight excluding hydrogens is 258 g/mol. The summed E-state index contributed by atoms with van der Waals surface area (Å²) in [6.45, 7) is 4.62. The zero-order valence-corrected chi connectivity index (χ0v) is 11.1. The van der Waals surface area contributed by atoms with Crippen molar-refractivity contribution in [2.45, 2.75) is 26.4 Å². The fourth-order valence-corrected chi connectivity index (χ4v) is 1.66. The predicted molar refractivity (Wildman–Crippen MR) is 64.1 cm³/mol. The van der Waals surface area contributed by atoms with Gasteiger partial charge in [0.2, 0.25) is 0 Å². The zero-order valence-electron chi connectivity index (χ0n) is 9.47. The van der Waals surface area contributed by atoms with Crippen molar-refractivity contribution in [2.75, 3.05) is 19.5 Å². The van der Waals surface area contributed by atoms with E-state index in [0.29, 0.717) is 12.5 Å². The Morgan fingerprint density at radius 3 is 2.53 bits per heavy atom. The van der Waals surface area contributed by atoms with Crippen LogP contribution in [0.4, 0.5) is 5.82 Å². The molecule has 1 heterocycles. The third-order valence-electron chi connectivity index (χ3n) is 1.97. The van der Waals surface area contributed by atoms with Crippen LogP contribution in [-0.2, 0) is 11.3 Å². The summed E-state index contributed by atoms with van der Waals surface area (Å²) < 4.78 is 5.97. The van der Waals surface area contributed by atoms with Gasteiger partial charge in [0.05, 0.1) is 16.8 Å². The highest BCUT2D eigenvalue weighted by Gasteiger charge is 2.12. The maximum atomic E-state index is 5.09. The highest BCUT2D eigenvalue weighted by Crippen LogP contribution is 2.25. The molecule has 0 unspecified atom stereocenters. The molecule has 15 heavy (non-hydrogen) atoms. The van der Waals surface area contributed by atoms with Crippen molar-refractivity contribution in [3.63, 3.8) is 0 Å². The highest BCUT2D eigenvalue weighted by molar-refractivity contribution is 9.10. The third kappa shape index (κ3) is 2.89. The molecule has 1 rings (SSSR count). The van der Waals surface area contributed by atoms with E-state index in [9.17, 15) is 0 Å². The van der Waals surface area contributed by atoms with Crippen LogP contribution >= 0.6 is 15.9 Å². The van der Waals surface area contributed by atoms with Gasteiger partial charge in [-0.2, -0.15) is 0 Å². The summed E-state index contributed by atoms with van der Waals surface area (Å²) in [6.07, 6.45) is 0. The van der Waals surface area contributed by atoms with Crippen LogP contribution < -0.4 is 5.32 Å². The Labute approximate surface area is 98.6 Å². The molecule has 0 spiro atoms. The average molecular weight is 274 g/mol. The van der Waals surface area contributed by atoms with Crippen molar-refractivity contribution in [2.24, 2.45) is 0 Å². The minimum absolute atomic E-state index is 0.306. The fraction of sp³-hybridized carbons (Fsp3) is 0.600. The molecular formula is C10H16BrN3O. The summed E-state index contributed by atoms with van der Waals surface area (Å²) in [6, 6.07) is 0. The van der Waals surface area contributed by atoms with Crippen molar-refractivity contribution in [1.82, 2.24) is 9.97 Å². The van der Waals surface area contributed by atoms with Crippen LogP contribution in [0.2, 0.25) is 0 Å². The number of hydrogen-bond donors (Lipinski definition) is 1. The van der Waals surface area contributed by atoms with Gasteiger partial charge in [0.25, 0.3) is 0 Å². The summed E-state index contributed by atoms with van der Waals surface area (Å²) in [7, 11) is 3.50. The van der Waals surface area contributed by atoms with Crippen LogP contribution in [0.1, 0.15) is 31.3 Å². The summed E-state index contributed by atoms with van der Waals surface area (Å²) in [4.78, 5) is 8.86. The Bertz CT molecular complexity index is 342.